The summed E-state index contributed by atoms with van der Waals surface area (Å²) in [4.78, 5) is 15.3. The highest BCUT2D eigenvalue weighted by molar-refractivity contribution is 9.10. The molecule has 0 aliphatic heterocycles. The van der Waals surface area contributed by atoms with E-state index >= 15 is 0 Å². The fourth-order valence-corrected chi connectivity index (χ4v) is 6.31. The van der Waals surface area contributed by atoms with Crippen molar-refractivity contribution in [2.45, 2.75) is 51.5 Å². The average Bonchev–Trinajstić information content (AvgIpc) is 2.54. The molecule has 1 aromatic carbocycles. The summed E-state index contributed by atoms with van der Waals surface area (Å²) in [5, 5.41) is 21.2. The SMILES string of the molecule is C[C@@H](N=Cc1cc([N+](=O)[O-])cc(Br)c1O)C12CC3CC(CC(C3)C1)C2. The van der Waals surface area contributed by atoms with Crippen LogP contribution in [0.15, 0.2) is 21.6 Å². The van der Waals surface area contributed by atoms with Gasteiger partial charge in [0.05, 0.1) is 15.4 Å². The number of nitro groups is 1. The second kappa shape index (κ2) is 6.08. The van der Waals surface area contributed by atoms with Gasteiger partial charge in [0.25, 0.3) is 5.69 Å². The van der Waals surface area contributed by atoms with E-state index in [-0.39, 0.29) is 17.5 Å². The van der Waals surface area contributed by atoms with Crippen molar-refractivity contribution < 1.29 is 10.0 Å². The molecule has 1 atom stereocenters. The van der Waals surface area contributed by atoms with E-state index in [1.54, 1.807) is 6.21 Å². The Morgan fingerprint density at radius 1 is 1.28 bits per heavy atom. The zero-order valence-corrected chi connectivity index (χ0v) is 15.9. The van der Waals surface area contributed by atoms with Crippen molar-refractivity contribution in [2.24, 2.45) is 28.2 Å². The van der Waals surface area contributed by atoms with Gasteiger partial charge in [-0.25, -0.2) is 0 Å². The van der Waals surface area contributed by atoms with Crippen LogP contribution in [0.5, 0.6) is 5.75 Å². The van der Waals surface area contributed by atoms with Gasteiger partial charge < -0.3 is 5.11 Å². The van der Waals surface area contributed by atoms with Gasteiger partial charge in [-0.2, -0.15) is 0 Å². The monoisotopic (exact) mass is 406 g/mol. The number of aromatic hydroxyl groups is 1. The van der Waals surface area contributed by atoms with Crippen molar-refractivity contribution in [3.05, 3.63) is 32.3 Å². The van der Waals surface area contributed by atoms with Gasteiger partial charge in [0.2, 0.25) is 0 Å². The zero-order chi connectivity index (χ0) is 17.8. The normalized spacial score (nSPS) is 34.6. The molecule has 25 heavy (non-hydrogen) atoms. The van der Waals surface area contributed by atoms with Crippen molar-refractivity contribution in [1.29, 1.82) is 0 Å². The standard InChI is InChI=1S/C19H23BrN2O3/c1-11(19-7-12-2-13(8-19)4-14(3-12)9-19)21-10-15-5-16(22(24)25)6-17(20)18(15)23/h5-6,10-14,23H,2-4,7-9H2,1H3/t11-,12?,13?,14?,19?/m1/s1. The first-order valence-electron chi connectivity index (χ1n) is 9.06. The number of phenolic OH excluding ortho intramolecular Hbond substituents is 1. The number of phenols is 1. The predicted molar refractivity (Wildman–Crippen MR) is 100 cm³/mol. The number of nitro benzene ring substituents is 1. The molecule has 0 saturated heterocycles. The Morgan fingerprint density at radius 2 is 1.84 bits per heavy atom. The topological polar surface area (TPSA) is 75.7 Å². The van der Waals surface area contributed by atoms with Crippen molar-refractivity contribution in [2.75, 3.05) is 0 Å². The molecule has 4 fully saturated rings. The number of hydrogen-bond acceptors (Lipinski definition) is 4. The summed E-state index contributed by atoms with van der Waals surface area (Å²) in [5.74, 6) is 2.60. The summed E-state index contributed by atoms with van der Waals surface area (Å²) in [7, 11) is 0. The Morgan fingerprint density at radius 3 is 2.36 bits per heavy atom. The van der Waals surface area contributed by atoms with Crippen LogP contribution >= 0.6 is 15.9 Å². The van der Waals surface area contributed by atoms with Gasteiger partial charge in [0.1, 0.15) is 5.75 Å². The lowest BCUT2D eigenvalue weighted by atomic mass is 9.48. The lowest BCUT2D eigenvalue weighted by molar-refractivity contribution is -0.385. The fraction of sp³-hybridized carbons (Fsp3) is 0.632. The van der Waals surface area contributed by atoms with Crippen molar-refractivity contribution >= 4 is 27.8 Å². The summed E-state index contributed by atoms with van der Waals surface area (Å²) in [6.07, 6.45) is 9.61. The fourth-order valence-electron chi connectivity index (χ4n) is 5.85. The molecule has 5 rings (SSSR count). The van der Waals surface area contributed by atoms with Crippen LogP contribution in [-0.2, 0) is 0 Å². The van der Waals surface area contributed by atoms with Gasteiger partial charge in [-0.05, 0) is 84.5 Å². The van der Waals surface area contributed by atoms with E-state index < -0.39 is 4.92 Å². The van der Waals surface area contributed by atoms with Crippen molar-refractivity contribution in [1.82, 2.24) is 0 Å². The first-order valence-corrected chi connectivity index (χ1v) is 9.86. The molecule has 0 aromatic heterocycles. The molecule has 4 bridgehead atoms. The summed E-state index contributed by atoms with van der Waals surface area (Å²) < 4.78 is 0.325. The maximum atomic E-state index is 11.0. The maximum Gasteiger partial charge on any atom is 0.271 e. The smallest absolute Gasteiger partial charge is 0.271 e. The Balaban J connectivity index is 1.59. The molecule has 4 aliphatic rings. The lowest BCUT2D eigenvalue weighted by Gasteiger charge is -2.58. The second-order valence-electron chi connectivity index (χ2n) is 8.36. The molecule has 0 amide bonds. The largest absolute Gasteiger partial charge is 0.506 e. The highest BCUT2D eigenvalue weighted by Crippen LogP contribution is 2.61. The number of non-ortho nitro benzene ring substituents is 1. The van der Waals surface area contributed by atoms with Crippen LogP contribution in [0.4, 0.5) is 5.69 Å². The van der Waals surface area contributed by atoms with Crippen LogP contribution in [-0.4, -0.2) is 22.3 Å². The molecule has 0 spiro atoms. The second-order valence-corrected chi connectivity index (χ2v) is 9.21. The number of rotatable bonds is 4. The van der Waals surface area contributed by atoms with E-state index in [0.717, 1.165) is 17.8 Å². The Kier molecular flexibility index (Phi) is 4.13. The minimum atomic E-state index is -0.454. The van der Waals surface area contributed by atoms with Crippen LogP contribution in [0.25, 0.3) is 0 Å². The van der Waals surface area contributed by atoms with Gasteiger partial charge in [-0.1, -0.05) is 0 Å². The quantitative estimate of drug-likeness (QED) is 0.429. The molecule has 0 heterocycles. The third-order valence-corrected chi connectivity index (χ3v) is 7.30. The van der Waals surface area contributed by atoms with Crippen LogP contribution in [0.3, 0.4) is 0 Å². The Bertz CT molecular complexity index is 711. The number of aliphatic imine (C=N–C) groups is 1. The Labute approximate surface area is 155 Å². The highest BCUT2D eigenvalue weighted by atomic mass is 79.9. The molecule has 1 N–H and O–H groups in total. The first kappa shape index (κ1) is 17.0. The summed E-state index contributed by atoms with van der Waals surface area (Å²) in [6, 6.07) is 2.88. The van der Waals surface area contributed by atoms with Crippen molar-refractivity contribution in [3.63, 3.8) is 0 Å². The number of halogens is 1. The molecule has 0 radical (unpaired) electrons. The average molecular weight is 407 g/mol. The van der Waals surface area contributed by atoms with Gasteiger partial charge in [-0.3, -0.25) is 15.1 Å². The number of benzene rings is 1. The van der Waals surface area contributed by atoms with Crippen LogP contribution in [0, 0.1) is 33.3 Å². The molecule has 4 aliphatic carbocycles. The van der Waals surface area contributed by atoms with E-state index in [1.807, 2.05) is 0 Å². The molecular weight excluding hydrogens is 384 g/mol. The third kappa shape index (κ3) is 2.98. The lowest BCUT2D eigenvalue weighted by Crippen LogP contribution is -2.50. The van der Waals surface area contributed by atoms with Crippen LogP contribution < -0.4 is 0 Å². The molecule has 0 unspecified atom stereocenters. The molecule has 6 heteroatoms. The molecule has 134 valence electrons. The summed E-state index contributed by atoms with van der Waals surface area (Å²) in [5.41, 5.74) is 0.643. The highest BCUT2D eigenvalue weighted by Gasteiger charge is 2.53. The number of hydrogen-bond donors (Lipinski definition) is 1. The first-order chi connectivity index (χ1) is 11.9. The molecule has 4 saturated carbocycles. The van der Waals surface area contributed by atoms with E-state index in [1.165, 1.54) is 50.7 Å². The Hall–Kier alpha value is -1.43. The van der Waals surface area contributed by atoms with E-state index in [4.69, 9.17) is 4.99 Å². The molecule has 1 aromatic rings. The van der Waals surface area contributed by atoms with Gasteiger partial charge in [-0.15, -0.1) is 0 Å². The van der Waals surface area contributed by atoms with Crippen LogP contribution in [0.1, 0.15) is 51.0 Å². The summed E-state index contributed by atoms with van der Waals surface area (Å²) >= 11 is 3.19. The van der Waals surface area contributed by atoms with Gasteiger partial charge in [0.15, 0.2) is 0 Å². The zero-order valence-electron chi connectivity index (χ0n) is 14.3. The molecular formula is C19H23BrN2O3. The van der Waals surface area contributed by atoms with E-state index in [2.05, 4.69) is 22.9 Å². The van der Waals surface area contributed by atoms with E-state index in [9.17, 15) is 15.2 Å². The number of nitrogens with zero attached hydrogens (tertiary/aromatic N) is 2. The minimum Gasteiger partial charge on any atom is -0.506 e. The predicted octanol–water partition coefficient (Wildman–Crippen LogP) is 5.09. The molecule has 5 nitrogen and oxygen atoms in total. The van der Waals surface area contributed by atoms with Gasteiger partial charge >= 0.3 is 0 Å². The minimum absolute atomic E-state index is 0.00654. The van der Waals surface area contributed by atoms with E-state index in [0.29, 0.717) is 15.5 Å². The van der Waals surface area contributed by atoms with Crippen molar-refractivity contribution in [3.8, 4) is 5.75 Å². The van der Waals surface area contributed by atoms with Crippen LogP contribution in [0.2, 0.25) is 0 Å². The van der Waals surface area contributed by atoms with Gasteiger partial charge in [0, 0.05) is 23.9 Å². The summed E-state index contributed by atoms with van der Waals surface area (Å²) in [6.45, 7) is 2.17. The maximum absolute atomic E-state index is 11.0. The third-order valence-electron chi connectivity index (χ3n) is 6.70.